The second-order valence-corrected chi connectivity index (χ2v) is 6.44. The summed E-state index contributed by atoms with van der Waals surface area (Å²) in [4.78, 5) is 9.35. The van der Waals surface area contributed by atoms with Crippen LogP contribution in [0.1, 0.15) is 12.0 Å². The van der Waals surface area contributed by atoms with Crippen LogP contribution in [0.3, 0.4) is 0 Å². The molecule has 1 aliphatic rings. The van der Waals surface area contributed by atoms with E-state index in [-0.39, 0.29) is 18.4 Å². The van der Waals surface area contributed by atoms with Crippen LogP contribution in [0.4, 0.5) is 5.82 Å². The monoisotopic (exact) mass is 360 g/mol. The van der Waals surface area contributed by atoms with E-state index in [2.05, 4.69) is 27.5 Å². The van der Waals surface area contributed by atoms with Gasteiger partial charge < -0.3 is 20.8 Å². The smallest absolute Gasteiger partial charge is 0.165 e. The first-order valence-electron chi connectivity index (χ1n) is 8.92. The van der Waals surface area contributed by atoms with Crippen LogP contribution >= 0.6 is 0 Å². The number of rotatable bonds is 3. The van der Waals surface area contributed by atoms with Crippen molar-refractivity contribution in [1.29, 1.82) is 0 Å². The van der Waals surface area contributed by atoms with Gasteiger partial charge in [-0.3, -0.25) is 0 Å². The van der Waals surface area contributed by atoms with E-state index in [4.69, 9.17) is 10.1 Å². The van der Waals surface area contributed by atoms with Crippen molar-refractivity contribution in [2.24, 2.45) is 0 Å². The molecule has 136 valence electrons. The highest BCUT2D eigenvalue weighted by atomic mass is 16.3. The molecule has 0 saturated carbocycles. The number of para-hydroxylation sites is 1. The summed E-state index contributed by atoms with van der Waals surface area (Å²) in [6, 6.07) is 13.0. The van der Waals surface area contributed by atoms with Gasteiger partial charge >= 0.3 is 0 Å². The molecule has 1 aliphatic heterocycles. The first kappa shape index (κ1) is 17.3. The Bertz CT molecular complexity index is 1030. The number of nitrogens with zero attached hydrogens (tertiary/aromatic N) is 2. The Balaban J connectivity index is 1.85. The van der Waals surface area contributed by atoms with Crippen molar-refractivity contribution in [2.75, 3.05) is 25.0 Å². The Morgan fingerprint density at radius 1 is 1.19 bits per heavy atom. The number of aromatic hydroxyl groups is 1. The Labute approximate surface area is 157 Å². The molecule has 2 heterocycles. The Morgan fingerprint density at radius 3 is 2.85 bits per heavy atom. The van der Waals surface area contributed by atoms with E-state index >= 15 is 0 Å². The lowest BCUT2D eigenvalue weighted by Crippen LogP contribution is -2.23. The number of aliphatic hydroxyl groups excluding tert-OH is 1. The van der Waals surface area contributed by atoms with Crippen LogP contribution in [-0.4, -0.2) is 45.9 Å². The van der Waals surface area contributed by atoms with Crippen LogP contribution < -0.4 is 10.6 Å². The minimum atomic E-state index is -0.181. The van der Waals surface area contributed by atoms with Crippen LogP contribution in [0, 0.1) is 11.8 Å². The molecular formula is C21H20N4O2. The van der Waals surface area contributed by atoms with Crippen LogP contribution in [-0.2, 0) is 0 Å². The average molecular weight is 360 g/mol. The fourth-order valence-corrected chi connectivity index (χ4v) is 3.21. The number of fused-ring (bicyclic) bond motifs is 1. The Morgan fingerprint density at radius 2 is 2.07 bits per heavy atom. The molecule has 0 amide bonds. The van der Waals surface area contributed by atoms with Gasteiger partial charge in [0.25, 0.3) is 0 Å². The van der Waals surface area contributed by atoms with E-state index in [9.17, 15) is 5.11 Å². The van der Waals surface area contributed by atoms with Gasteiger partial charge in [0.1, 0.15) is 18.2 Å². The van der Waals surface area contributed by atoms with Gasteiger partial charge in [0.05, 0.1) is 11.1 Å². The maximum Gasteiger partial charge on any atom is 0.165 e. The maximum atomic E-state index is 10.2. The van der Waals surface area contributed by atoms with E-state index in [0.717, 1.165) is 41.8 Å². The second-order valence-electron chi connectivity index (χ2n) is 6.44. The van der Waals surface area contributed by atoms with Crippen LogP contribution in [0.25, 0.3) is 22.3 Å². The van der Waals surface area contributed by atoms with Gasteiger partial charge in [-0.1, -0.05) is 24.0 Å². The fraction of sp³-hybridized carbons (Fsp3) is 0.238. The third-order valence-corrected chi connectivity index (χ3v) is 4.55. The Hall–Kier alpha value is -3.14. The zero-order valence-corrected chi connectivity index (χ0v) is 14.7. The molecule has 1 saturated heterocycles. The van der Waals surface area contributed by atoms with E-state index < -0.39 is 0 Å². The number of hydrogen-bond acceptors (Lipinski definition) is 6. The summed E-state index contributed by atoms with van der Waals surface area (Å²) in [6.07, 6.45) is 1.02. The molecule has 6 nitrogen and oxygen atoms in total. The van der Waals surface area contributed by atoms with E-state index in [1.54, 1.807) is 18.2 Å². The van der Waals surface area contributed by atoms with Gasteiger partial charge in [-0.15, -0.1) is 0 Å². The summed E-state index contributed by atoms with van der Waals surface area (Å²) in [5, 5.41) is 26.8. The quantitative estimate of drug-likeness (QED) is 0.535. The third-order valence-electron chi connectivity index (χ3n) is 4.55. The highest BCUT2D eigenvalue weighted by Gasteiger charge is 2.18. The predicted molar refractivity (Wildman–Crippen MR) is 106 cm³/mol. The summed E-state index contributed by atoms with van der Waals surface area (Å²) in [6.45, 7) is 1.67. The van der Waals surface area contributed by atoms with Gasteiger partial charge in [-0.05, 0) is 43.3 Å². The first-order chi connectivity index (χ1) is 13.2. The molecule has 1 aromatic heterocycles. The van der Waals surface area contributed by atoms with Crippen molar-refractivity contribution < 1.29 is 10.2 Å². The lowest BCUT2D eigenvalue weighted by Gasteiger charge is -2.16. The van der Waals surface area contributed by atoms with Crippen LogP contribution in [0.15, 0.2) is 42.5 Å². The number of phenolic OH excluding ortho intramolecular Hbond substituents is 1. The number of benzene rings is 2. The topological polar surface area (TPSA) is 90.3 Å². The fourth-order valence-electron chi connectivity index (χ4n) is 3.21. The molecule has 1 fully saturated rings. The minimum absolute atomic E-state index is 0.149. The molecule has 0 bridgehead atoms. The van der Waals surface area contributed by atoms with Gasteiger partial charge in [-0.25, -0.2) is 9.97 Å². The second kappa shape index (κ2) is 7.62. The Kier molecular flexibility index (Phi) is 4.88. The third kappa shape index (κ3) is 3.70. The molecule has 27 heavy (non-hydrogen) atoms. The highest BCUT2D eigenvalue weighted by molar-refractivity contribution is 5.92. The van der Waals surface area contributed by atoms with Crippen LogP contribution in [0.5, 0.6) is 5.75 Å². The average Bonchev–Trinajstić information content (AvgIpc) is 3.20. The van der Waals surface area contributed by atoms with Gasteiger partial charge in [-0.2, -0.15) is 0 Å². The van der Waals surface area contributed by atoms with Gasteiger partial charge in [0.2, 0.25) is 0 Å². The number of anilines is 1. The summed E-state index contributed by atoms with van der Waals surface area (Å²) >= 11 is 0. The maximum absolute atomic E-state index is 10.2. The largest absolute Gasteiger partial charge is 0.507 e. The summed E-state index contributed by atoms with van der Waals surface area (Å²) in [5.41, 5.74) is 2.16. The number of nitrogens with one attached hydrogen (secondary N) is 2. The van der Waals surface area contributed by atoms with Crippen molar-refractivity contribution in [3.05, 3.63) is 48.0 Å². The van der Waals surface area contributed by atoms with Gasteiger partial charge in [0, 0.05) is 23.5 Å². The first-order valence-corrected chi connectivity index (χ1v) is 8.92. The minimum Gasteiger partial charge on any atom is -0.507 e. The predicted octanol–water partition coefficient (Wildman–Crippen LogP) is 2.12. The summed E-state index contributed by atoms with van der Waals surface area (Å²) in [7, 11) is 0. The van der Waals surface area contributed by atoms with E-state index in [1.807, 2.05) is 24.3 Å². The number of aliphatic hydroxyl groups is 1. The summed E-state index contributed by atoms with van der Waals surface area (Å²) in [5.74, 6) is 6.94. The molecule has 1 atom stereocenters. The van der Waals surface area contributed by atoms with E-state index in [0.29, 0.717) is 11.4 Å². The zero-order valence-electron chi connectivity index (χ0n) is 14.7. The SMILES string of the molecule is OCC#Cc1ccc2nc(-c3ccccc3O)nc(NC3CCNC3)c2c1. The number of aromatic nitrogens is 2. The van der Waals surface area contributed by atoms with Crippen molar-refractivity contribution in [1.82, 2.24) is 15.3 Å². The molecule has 2 aromatic carbocycles. The molecule has 0 aliphatic carbocycles. The van der Waals surface area contributed by atoms with Crippen LogP contribution in [0.2, 0.25) is 0 Å². The van der Waals surface area contributed by atoms with Crippen molar-refractivity contribution >= 4 is 16.7 Å². The summed E-state index contributed by atoms with van der Waals surface area (Å²) < 4.78 is 0. The van der Waals surface area contributed by atoms with Crippen molar-refractivity contribution in [2.45, 2.75) is 12.5 Å². The zero-order chi connectivity index (χ0) is 18.6. The molecule has 0 spiro atoms. The molecule has 0 radical (unpaired) electrons. The van der Waals surface area contributed by atoms with Crippen molar-refractivity contribution in [3.8, 4) is 29.0 Å². The molecule has 1 unspecified atom stereocenters. The van der Waals surface area contributed by atoms with E-state index in [1.165, 1.54) is 0 Å². The molecule has 4 rings (SSSR count). The number of phenols is 1. The lowest BCUT2D eigenvalue weighted by atomic mass is 10.1. The highest BCUT2D eigenvalue weighted by Crippen LogP contribution is 2.30. The molecule has 6 heteroatoms. The normalized spacial score (nSPS) is 16.1. The van der Waals surface area contributed by atoms with Crippen molar-refractivity contribution in [3.63, 3.8) is 0 Å². The molecule has 4 N–H and O–H groups in total. The molecule has 3 aromatic rings. The molecular weight excluding hydrogens is 340 g/mol. The standard InChI is InChI=1S/C21H20N4O2/c26-11-3-4-14-7-8-18-17(12-14)21(23-15-9-10-22-13-15)25-20(24-18)16-5-1-2-6-19(16)27/h1-2,5-8,12,15,22,26-27H,9-11,13H2,(H,23,24,25). The number of hydrogen-bond donors (Lipinski definition) is 4. The lowest BCUT2D eigenvalue weighted by molar-refractivity contribution is 0.350. The van der Waals surface area contributed by atoms with Gasteiger partial charge in [0.15, 0.2) is 5.82 Å².